The Morgan fingerprint density at radius 1 is 1.15 bits per heavy atom. The number of benzene rings is 2. The zero-order valence-electron chi connectivity index (χ0n) is 15.2. The molecule has 0 saturated carbocycles. The summed E-state index contributed by atoms with van der Waals surface area (Å²) in [6.45, 7) is 2.61. The summed E-state index contributed by atoms with van der Waals surface area (Å²) in [5.74, 6) is -1.79. The third-order valence-corrected chi connectivity index (χ3v) is 4.52. The predicted molar refractivity (Wildman–Crippen MR) is 99.4 cm³/mol. The molecule has 1 N–H and O–H groups in total. The second-order valence-corrected chi connectivity index (χ2v) is 6.52. The number of esters is 1. The van der Waals surface area contributed by atoms with Crippen molar-refractivity contribution in [1.82, 2.24) is 0 Å². The van der Waals surface area contributed by atoms with Gasteiger partial charge in [-0.2, -0.15) is 0 Å². The minimum Gasteiger partial charge on any atom is -0.459 e. The van der Waals surface area contributed by atoms with Crippen LogP contribution in [0.5, 0.6) is 0 Å². The average Bonchev–Trinajstić information content (AvgIpc) is 2.68. The number of amides is 1. The van der Waals surface area contributed by atoms with E-state index in [4.69, 9.17) is 9.47 Å². The number of carbonyl (C=O) groups is 2. The van der Waals surface area contributed by atoms with E-state index < -0.39 is 17.7 Å². The number of hydrogen-bond acceptors (Lipinski definition) is 4. The maximum atomic E-state index is 13.9. The van der Waals surface area contributed by atoms with Crippen molar-refractivity contribution in [3.05, 3.63) is 65.0 Å². The number of para-hydroxylation sites is 1. The minimum absolute atomic E-state index is 0.0873. The molecule has 3 rings (SSSR count). The molecular formula is C21H22FNO4. The van der Waals surface area contributed by atoms with Crippen molar-refractivity contribution in [2.75, 3.05) is 18.5 Å². The van der Waals surface area contributed by atoms with Crippen molar-refractivity contribution in [1.29, 1.82) is 0 Å². The van der Waals surface area contributed by atoms with Gasteiger partial charge in [-0.3, -0.25) is 4.79 Å². The molecule has 2 aromatic rings. The van der Waals surface area contributed by atoms with E-state index in [1.807, 2.05) is 0 Å². The first kappa shape index (κ1) is 19.0. The molecule has 1 amide bonds. The average molecular weight is 371 g/mol. The summed E-state index contributed by atoms with van der Waals surface area (Å²) < 4.78 is 24.8. The summed E-state index contributed by atoms with van der Waals surface area (Å²) in [5, 5.41) is 2.64. The van der Waals surface area contributed by atoms with E-state index in [9.17, 15) is 14.0 Å². The lowest BCUT2D eigenvalue weighted by molar-refractivity contribution is -0.0300. The standard InChI is InChI=1S/C21H22FNO4/c1-14-7-6-10-17(21(25)27-13-15-8-4-5-12-26-15)19(14)23-20(24)16-9-2-3-11-18(16)22/h2-3,6-7,9-11,15H,4-5,8,12-13H2,1H3,(H,23,24)/t15-/m1/s1. The predicted octanol–water partition coefficient (Wildman–Crippen LogP) is 4.11. The third-order valence-electron chi connectivity index (χ3n) is 4.52. The smallest absolute Gasteiger partial charge is 0.340 e. The highest BCUT2D eigenvalue weighted by molar-refractivity contribution is 6.08. The van der Waals surface area contributed by atoms with Gasteiger partial charge < -0.3 is 14.8 Å². The van der Waals surface area contributed by atoms with Gasteiger partial charge in [0.2, 0.25) is 0 Å². The SMILES string of the molecule is Cc1cccc(C(=O)OC[C@H]2CCCCO2)c1NC(=O)c1ccccc1F. The van der Waals surface area contributed by atoms with Crippen molar-refractivity contribution in [2.45, 2.75) is 32.3 Å². The van der Waals surface area contributed by atoms with Gasteiger partial charge in [-0.25, -0.2) is 9.18 Å². The lowest BCUT2D eigenvalue weighted by Crippen LogP contribution is -2.26. The van der Waals surface area contributed by atoms with Gasteiger partial charge in [0.05, 0.1) is 22.9 Å². The van der Waals surface area contributed by atoms with Crippen LogP contribution < -0.4 is 5.32 Å². The molecule has 1 aliphatic heterocycles. The van der Waals surface area contributed by atoms with Gasteiger partial charge in [0.1, 0.15) is 12.4 Å². The number of hydrogen-bond donors (Lipinski definition) is 1. The number of halogens is 1. The maximum absolute atomic E-state index is 13.9. The lowest BCUT2D eigenvalue weighted by Gasteiger charge is -2.22. The number of aryl methyl sites for hydroxylation is 1. The van der Waals surface area contributed by atoms with E-state index in [1.165, 1.54) is 18.2 Å². The molecule has 142 valence electrons. The second kappa shape index (κ2) is 8.77. The minimum atomic E-state index is -0.623. The van der Waals surface area contributed by atoms with Gasteiger partial charge in [-0.15, -0.1) is 0 Å². The number of carbonyl (C=O) groups excluding carboxylic acids is 2. The molecule has 6 heteroatoms. The highest BCUT2D eigenvalue weighted by Crippen LogP contribution is 2.23. The second-order valence-electron chi connectivity index (χ2n) is 6.52. The van der Waals surface area contributed by atoms with E-state index in [0.29, 0.717) is 17.9 Å². The highest BCUT2D eigenvalue weighted by atomic mass is 19.1. The van der Waals surface area contributed by atoms with Crippen LogP contribution in [0.3, 0.4) is 0 Å². The Morgan fingerprint density at radius 2 is 1.93 bits per heavy atom. The monoisotopic (exact) mass is 371 g/mol. The Labute approximate surface area is 157 Å². The van der Waals surface area contributed by atoms with Crippen molar-refractivity contribution in [3.63, 3.8) is 0 Å². The Balaban J connectivity index is 1.74. The molecule has 0 bridgehead atoms. The summed E-state index contributed by atoms with van der Waals surface area (Å²) >= 11 is 0. The van der Waals surface area contributed by atoms with E-state index in [1.54, 1.807) is 31.2 Å². The van der Waals surface area contributed by atoms with Gasteiger partial charge in [0.15, 0.2) is 0 Å². The van der Waals surface area contributed by atoms with Crippen molar-refractivity contribution < 1.29 is 23.5 Å². The fourth-order valence-corrected chi connectivity index (χ4v) is 3.02. The van der Waals surface area contributed by atoms with Gasteiger partial charge in [-0.1, -0.05) is 24.3 Å². The van der Waals surface area contributed by atoms with Gasteiger partial charge in [-0.05, 0) is 49.9 Å². The Hall–Kier alpha value is -2.73. The number of nitrogens with one attached hydrogen (secondary N) is 1. The van der Waals surface area contributed by atoms with Crippen LogP contribution in [0.15, 0.2) is 42.5 Å². The van der Waals surface area contributed by atoms with Crippen LogP contribution in [0.4, 0.5) is 10.1 Å². The Morgan fingerprint density at radius 3 is 2.67 bits per heavy atom. The molecule has 1 saturated heterocycles. The molecule has 5 nitrogen and oxygen atoms in total. The fraction of sp³-hybridized carbons (Fsp3) is 0.333. The lowest BCUT2D eigenvalue weighted by atomic mass is 10.1. The van der Waals surface area contributed by atoms with Crippen molar-refractivity contribution in [2.24, 2.45) is 0 Å². The third kappa shape index (κ3) is 4.71. The van der Waals surface area contributed by atoms with Crippen LogP contribution >= 0.6 is 0 Å². The first-order chi connectivity index (χ1) is 13.1. The van der Waals surface area contributed by atoms with Crippen LogP contribution in [0, 0.1) is 12.7 Å². The fourth-order valence-electron chi connectivity index (χ4n) is 3.02. The van der Waals surface area contributed by atoms with E-state index in [-0.39, 0.29) is 23.8 Å². The molecule has 1 atom stereocenters. The van der Waals surface area contributed by atoms with E-state index in [0.717, 1.165) is 19.3 Å². The van der Waals surface area contributed by atoms with Crippen molar-refractivity contribution >= 4 is 17.6 Å². The zero-order valence-corrected chi connectivity index (χ0v) is 15.2. The highest BCUT2D eigenvalue weighted by Gasteiger charge is 2.21. The molecule has 27 heavy (non-hydrogen) atoms. The van der Waals surface area contributed by atoms with Crippen LogP contribution in [-0.2, 0) is 9.47 Å². The largest absolute Gasteiger partial charge is 0.459 e. The molecule has 0 aliphatic carbocycles. The molecule has 2 aromatic carbocycles. The van der Waals surface area contributed by atoms with Gasteiger partial charge in [0.25, 0.3) is 5.91 Å². The summed E-state index contributed by atoms with van der Waals surface area (Å²) in [4.78, 5) is 25.0. The molecule has 1 heterocycles. The van der Waals surface area contributed by atoms with Crippen LogP contribution in [0.1, 0.15) is 45.5 Å². The van der Waals surface area contributed by atoms with E-state index in [2.05, 4.69) is 5.32 Å². The topological polar surface area (TPSA) is 64.6 Å². The molecule has 0 aromatic heterocycles. The van der Waals surface area contributed by atoms with Gasteiger partial charge in [0, 0.05) is 6.61 Å². The molecule has 1 aliphatic rings. The first-order valence-corrected chi connectivity index (χ1v) is 9.00. The van der Waals surface area contributed by atoms with Crippen LogP contribution in [-0.4, -0.2) is 31.2 Å². The first-order valence-electron chi connectivity index (χ1n) is 9.00. The number of ether oxygens (including phenoxy) is 2. The van der Waals surface area contributed by atoms with Crippen LogP contribution in [0.2, 0.25) is 0 Å². The summed E-state index contributed by atoms with van der Waals surface area (Å²) in [6.07, 6.45) is 2.84. The molecule has 0 spiro atoms. The number of rotatable bonds is 5. The maximum Gasteiger partial charge on any atom is 0.340 e. The van der Waals surface area contributed by atoms with Gasteiger partial charge >= 0.3 is 5.97 Å². The summed E-state index contributed by atoms with van der Waals surface area (Å²) in [7, 11) is 0. The van der Waals surface area contributed by atoms with Crippen LogP contribution in [0.25, 0.3) is 0 Å². The summed E-state index contributed by atoms with van der Waals surface area (Å²) in [5.41, 5.74) is 1.15. The molecule has 1 fully saturated rings. The summed E-state index contributed by atoms with van der Waals surface area (Å²) in [6, 6.07) is 10.7. The van der Waals surface area contributed by atoms with Crippen molar-refractivity contribution in [3.8, 4) is 0 Å². The Kier molecular flexibility index (Phi) is 6.19. The number of anilines is 1. The molecule has 0 radical (unpaired) electrons. The zero-order chi connectivity index (χ0) is 19.2. The molecule has 0 unspecified atom stereocenters. The van der Waals surface area contributed by atoms with E-state index >= 15 is 0 Å². The quantitative estimate of drug-likeness (QED) is 0.804. The molecular weight excluding hydrogens is 349 g/mol. The Bertz CT molecular complexity index is 831. The normalized spacial score (nSPS) is 16.6.